The molecule has 1 N–H and O–H groups in total. The van der Waals surface area contributed by atoms with Gasteiger partial charge in [-0.3, -0.25) is 9.88 Å². The molecule has 192 valence electrons. The minimum atomic E-state index is 0.334. The summed E-state index contributed by atoms with van der Waals surface area (Å²) in [4.78, 5) is 16.1. The van der Waals surface area contributed by atoms with Crippen LogP contribution in [0.5, 0.6) is 0 Å². The van der Waals surface area contributed by atoms with Crippen LogP contribution in [0.3, 0.4) is 0 Å². The molecule has 7 heteroatoms. The van der Waals surface area contributed by atoms with Crippen molar-refractivity contribution in [1.29, 1.82) is 5.26 Å². The molecule has 2 aliphatic carbocycles. The molecule has 4 aromatic heterocycles. The Balaban J connectivity index is 1.31. The van der Waals surface area contributed by atoms with E-state index in [9.17, 15) is 0 Å². The number of fused-ring (bicyclic) bond motifs is 2. The summed E-state index contributed by atoms with van der Waals surface area (Å²) < 4.78 is 1.88. The van der Waals surface area contributed by atoms with Gasteiger partial charge in [0.05, 0.1) is 22.8 Å². The fourth-order valence-corrected chi connectivity index (χ4v) is 6.51. The molecular weight excluding hydrogens is 458 g/mol. The summed E-state index contributed by atoms with van der Waals surface area (Å²) in [5.74, 6) is 0.840. The van der Waals surface area contributed by atoms with E-state index in [2.05, 4.69) is 72.1 Å². The lowest BCUT2D eigenvalue weighted by Gasteiger charge is -2.36. The lowest BCUT2D eigenvalue weighted by atomic mass is 9.83. The highest BCUT2D eigenvalue weighted by Gasteiger charge is 2.36. The van der Waals surface area contributed by atoms with Crippen LogP contribution in [0.15, 0.2) is 24.7 Å². The number of aromatic amines is 1. The van der Waals surface area contributed by atoms with E-state index in [-0.39, 0.29) is 0 Å². The molecule has 6 rings (SSSR count). The van der Waals surface area contributed by atoms with E-state index >= 15 is 0 Å². The van der Waals surface area contributed by atoms with Gasteiger partial charge in [0.25, 0.3) is 0 Å². The van der Waals surface area contributed by atoms with Crippen molar-refractivity contribution < 1.29 is 0 Å². The van der Waals surface area contributed by atoms with Gasteiger partial charge in [-0.05, 0) is 81.5 Å². The third-order valence-electron chi connectivity index (χ3n) is 8.76. The van der Waals surface area contributed by atoms with Crippen molar-refractivity contribution in [2.24, 2.45) is 0 Å². The van der Waals surface area contributed by atoms with E-state index in [4.69, 9.17) is 10.2 Å². The maximum Gasteiger partial charge on any atom is 0.158 e. The Hall–Kier alpha value is -3.24. The number of aromatic nitrogens is 5. The zero-order valence-corrected chi connectivity index (χ0v) is 22.5. The van der Waals surface area contributed by atoms with E-state index in [1.165, 1.54) is 55.3 Å². The Morgan fingerprint density at radius 3 is 2.49 bits per heavy atom. The van der Waals surface area contributed by atoms with Crippen LogP contribution in [0.2, 0.25) is 0 Å². The van der Waals surface area contributed by atoms with Crippen molar-refractivity contribution in [3.63, 3.8) is 0 Å². The summed E-state index contributed by atoms with van der Waals surface area (Å²) in [7, 11) is 0. The molecular formula is C30H37N7. The predicted molar refractivity (Wildman–Crippen MR) is 147 cm³/mol. The van der Waals surface area contributed by atoms with E-state index in [0.717, 1.165) is 46.1 Å². The first-order valence-electron chi connectivity index (χ1n) is 13.9. The fraction of sp³-hybridized carbons (Fsp3) is 0.533. The van der Waals surface area contributed by atoms with Gasteiger partial charge in [-0.15, -0.1) is 0 Å². The number of nitrogens with zero attached hydrogens (tertiary/aromatic N) is 6. The van der Waals surface area contributed by atoms with Crippen molar-refractivity contribution in [2.45, 2.75) is 96.6 Å². The molecule has 0 radical (unpaired) electrons. The van der Waals surface area contributed by atoms with Crippen LogP contribution in [-0.2, 0) is 0 Å². The molecule has 0 saturated heterocycles. The van der Waals surface area contributed by atoms with Gasteiger partial charge >= 0.3 is 0 Å². The van der Waals surface area contributed by atoms with Crippen molar-refractivity contribution >= 4 is 16.7 Å². The highest BCUT2D eigenvalue weighted by Crippen LogP contribution is 2.41. The molecule has 0 atom stereocenters. The topological polar surface area (TPSA) is 85.9 Å². The Morgan fingerprint density at radius 2 is 1.81 bits per heavy atom. The zero-order valence-electron chi connectivity index (χ0n) is 22.5. The monoisotopic (exact) mass is 495 g/mol. The quantitative estimate of drug-likeness (QED) is 0.320. The molecule has 2 aliphatic rings. The predicted octanol–water partition coefficient (Wildman–Crippen LogP) is 6.42. The zero-order chi connectivity index (χ0) is 25.7. The van der Waals surface area contributed by atoms with E-state index in [1.54, 1.807) is 6.33 Å². The number of aryl methyl sites for hydroxylation is 1. The van der Waals surface area contributed by atoms with Crippen LogP contribution in [0.4, 0.5) is 0 Å². The normalized spacial score (nSPS) is 20.4. The minimum Gasteiger partial charge on any atom is -0.353 e. The lowest BCUT2D eigenvalue weighted by molar-refractivity contribution is 0.143. The van der Waals surface area contributed by atoms with Gasteiger partial charge in [0, 0.05) is 54.0 Å². The van der Waals surface area contributed by atoms with Crippen LogP contribution < -0.4 is 0 Å². The maximum absolute atomic E-state index is 9.10. The van der Waals surface area contributed by atoms with Gasteiger partial charge in [-0.25, -0.2) is 9.50 Å². The van der Waals surface area contributed by atoms with Crippen LogP contribution in [0.1, 0.15) is 93.0 Å². The molecule has 0 amide bonds. The summed E-state index contributed by atoms with van der Waals surface area (Å²) in [5, 5.41) is 13.5. The molecule has 0 unspecified atom stereocenters. The average molecular weight is 496 g/mol. The van der Waals surface area contributed by atoms with Crippen molar-refractivity contribution in [3.8, 4) is 17.3 Å². The van der Waals surface area contributed by atoms with Crippen molar-refractivity contribution in [1.82, 2.24) is 29.5 Å². The lowest BCUT2D eigenvalue weighted by Crippen LogP contribution is -2.40. The number of pyridine rings is 2. The highest BCUT2D eigenvalue weighted by molar-refractivity contribution is 5.89. The second-order valence-corrected chi connectivity index (χ2v) is 11.4. The number of nitrogens with one attached hydrogen (secondary N) is 1. The Kier molecular flexibility index (Phi) is 6.24. The first kappa shape index (κ1) is 24.1. The third-order valence-corrected chi connectivity index (χ3v) is 8.76. The van der Waals surface area contributed by atoms with Gasteiger partial charge in [0.15, 0.2) is 5.65 Å². The summed E-state index contributed by atoms with van der Waals surface area (Å²) >= 11 is 0. The SMILES string of the molecule is Cc1c(-c2[nH]c3ccc(C4CCC(N(CCC#N)C5CC5)CC4)nc3c2C(C)C)cn2ncnc2c1C. The summed E-state index contributed by atoms with van der Waals surface area (Å²) in [6, 6.07) is 8.18. The first-order chi connectivity index (χ1) is 18.0. The molecule has 2 saturated carbocycles. The molecule has 0 bridgehead atoms. The number of hydrogen-bond acceptors (Lipinski definition) is 5. The van der Waals surface area contributed by atoms with Crippen LogP contribution >= 0.6 is 0 Å². The van der Waals surface area contributed by atoms with Gasteiger partial charge in [-0.2, -0.15) is 10.4 Å². The average Bonchev–Trinajstić information content (AvgIpc) is 3.49. The summed E-state index contributed by atoms with van der Waals surface area (Å²) in [5.41, 5.74) is 10.3. The van der Waals surface area contributed by atoms with Crippen LogP contribution in [0.25, 0.3) is 27.9 Å². The Morgan fingerprint density at radius 1 is 1.08 bits per heavy atom. The Labute approximate surface area is 218 Å². The minimum absolute atomic E-state index is 0.334. The largest absolute Gasteiger partial charge is 0.353 e. The molecule has 4 aromatic rings. The smallest absolute Gasteiger partial charge is 0.158 e. The molecule has 2 fully saturated rings. The van der Waals surface area contributed by atoms with Gasteiger partial charge in [0.1, 0.15) is 6.33 Å². The summed E-state index contributed by atoms with van der Waals surface area (Å²) in [6.07, 6.45) is 11.7. The van der Waals surface area contributed by atoms with Crippen LogP contribution in [0, 0.1) is 25.2 Å². The van der Waals surface area contributed by atoms with Gasteiger partial charge in [0.2, 0.25) is 0 Å². The molecule has 0 aromatic carbocycles. The fourth-order valence-electron chi connectivity index (χ4n) is 6.51. The van der Waals surface area contributed by atoms with Gasteiger partial charge < -0.3 is 4.98 Å². The molecule has 0 spiro atoms. The number of H-pyrrole nitrogens is 1. The molecule has 7 nitrogen and oxygen atoms in total. The molecule has 4 heterocycles. The number of rotatable bonds is 7. The molecule has 0 aliphatic heterocycles. The number of nitriles is 1. The van der Waals surface area contributed by atoms with Crippen LogP contribution in [-0.4, -0.2) is 48.1 Å². The first-order valence-corrected chi connectivity index (χ1v) is 13.9. The van der Waals surface area contributed by atoms with E-state index in [0.29, 0.717) is 24.3 Å². The van der Waals surface area contributed by atoms with E-state index < -0.39 is 0 Å². The molecule has 37 heavy (non-hydrogen) atoms. The van der Waals surface area contributed by atoms with Crippen molar-refractivity contribution in [2.75, 3.05) is 6.54 Å². The van der Waals surface area contributed by atoms with E-state index in [1.807, 2.05) is 4.52 Å². The second-order valence-electron chi connectivity index (χ2n) is 11.4. The summed E-state index contributed by atoms with van der Waals surface area (Å²) in [6.45, 7) is 9.75. The third kappa shape index (κ3) is 4.31. The maximum atomic E-state index is 9.10. The number of hydrogen-bond donors (Lipinski definition) is 1. The second kappa shape index (κ2) is 9.57. The standard InChI is InChI=1S/C30H37N7/c1-18(2)27-28(24-16-37-30(32-17-33-37)20(4)19(24)3)35-26-13-12-25(34-29(26)27)21-6-8-22(9-7-21)36(15-5-14-31)23-10-11-23/h12-13,16-18,21-23,35H,5-11,15H2,1-4H3. The van der Waals surface area contributed by atoms with Gasteiger partial charge in [-0.1, -0.05) is 13.8 Å². The highest BCUT2D eigenvalue weighted by atomic mass is 15.3. The Bertz CT molecular complexity index is 1480. The van der Waals surface area contributed by atoms with Crippen molar-refractivity contribution in [3.05, 3.63) is 47.0 Å².